The van der Waals surface area contributed by atoms with Gasteiger partial charge in [0.05, 0.1) is 4.05 Å². The van der Waals surface area contributed by atoms with Gasteiger partial charge in [-0.05, 0) is 25.3 Å². The van der Waals surface area contributed by atoms with E-state index in [-0.39, 0.29) is 0 Å². The summed E-state index contributed by atoms with van der Waals surface area (Å²) >= 11 is 2.49. The van der Waals surface area contributed by atoms with Crippen molar-refractivity contribution in [2.75, 3.05) is 13.1 Å². The predicted molar refractivity (Wildman–Crippen MR) is 53.5 cm³/mol. The van der Waals surface area contributed by atoms with Crippen LogP contribution < -0.4 is 0 Å². The van der Waals surface area contributed by atoms with Gasteiger partial charge in [0.15, 0.2) is 0 Å². The Morgan fingerprint density at radius 2 is 2.10 bits per heavy atom. The molecule has 1 aliphatic rings. The Morgan fingerprint density at radius 3 is 2.30 bits per heavy atom. The first kappa shape index (κ1) is 8.78. The van der Waals surface area contributed by atoms with Gasteiger partial charge in [0, 0.05) is 6.54 Å². The Labute approximate surface area is 77.3 Å². The van der Waals surface area contributed by atoms with Crippen molar-refractivity contribution in [3.8, 4) is 0 Å². The van der Waals surface area contributed by atoms with Crippen molar-refractivity contribution < 1.29 is 0 Å². The fourth-order valence-corrected chi connectivity index (χ4v) is 1.93. The third-order valence-corrected chi connectivity index (χ3v) is 3.00. The summed E-state index contributed by atoms with van der Waals surface area (Å²) in [6.07, 6.45) is 1.36. The van der Waals surface area contributed by atoms with Crippen LogP contribution in [0.5, 0.6) is 0 Å². The van der Waals surface area contributed by atoms with Gasteiger partial charge in [0.2, 0.25) is 0 Å². The first-order chi connectivity index (χ1) is 4.51. The van der Waals surface area contributed by atoms with E-state index in [2.05, 4.69) is 48.3 Å². The summed E-state index contributed by atoms with van der Waals surface area (Å²) in [5.41, 5.74) is 0.569. The highest BCUT2D eigenvalue weighted by Crippen LogP contribution is 2.30. The van der Waals surface area contributed by atoms with Crippen LogP contribution in [0.4, 0.5) is 0 Å². The molecule has 0 spiro atoms. The molecular formula is C8H16IN. The number of halogens is 1. The van der Waals surface area contributed by atoms with E-state index in [1.54, 1.807) is 0 Å². The second kappa shape index (κ2) is 2.97. The summed E-state index contributed by atoms with van der Waals surface area (Å²) < 4.78 is 0.708. The minimum Gasteiger partial charge on any atom is -0.291 e. The Balaban J connectivity index is 2.43. The standard InChI is InChI=1S/C8H16IN/c1-7(9)10-5-4-8(2,3)6-10/h7H,4-6H2,1-3H3. The largest absolute Gasteiger partial charge is 0.291 e. The van der Waals surface area contributed by atoms with Crippen molar-refractivity contribution in [1.29, 1.82) is 0 Å². The molecule has 0 aliphatic carbocycles. The summed E-state index contributed by atoms with van der Waals surface area (Å²) in [5.74, 6) is 0. The lowest BCUT2D eigenvalue weighted by Crippen LogP contribution is -2.27. The highest BCUT2D eigenvalue weighted by Gasteiger charge is 2.30. The smallest absolute Gasteiger partial charge is 0.0590 e. The molecule has 0 N–H and O–H groups in total. The maximum Gasteiger partial charge on any atom is 0.0590 e. The van der Waals surface area contributed by atoms with Crippen LogP contribution in [0.25, 0.3) is 0 Å². The van der Waals surface area contributed by atoms with Gasteiger partial charge in [-0.3, -0.25) is 4.90 Å². The number of hydrogen-bond donors (Lipinski definition) is 0. The van der Waals surface area contributed by atoms with E-state index in [1.165, 1.54) is 19.5 Å². The summed E-state index contributed by atoms with van der Waals surface area (Å²) in [7, 11) is 0. The minimum atomic E-state index is 0.569. The van der Waals surface area contributed by atoms with Crippen LogP contribution >= 0.6 is 22.6 Å². The second-order valence-corrected chi connectivity index (χ2v) is 5.76. The molecule has 0 bridgehead atoms. The van der Waals surface area contributed by atoms with Gasteiger partial charge < -0.3 is 0 Å². The summed E-state index contributed by atoms with van der Waals surface area (Å²) in [4.78, 5) is 2.54. The molecule has 0 saturated carbocycles. The SMILES string of the molecule is CC(I)N1CCC(C)(C)C1. The number of alkyl halides is 1. The Kier molecular flexibility index (Phi) is 2.61. The van der Waals surface area contributed by atoms with Crippen LogP contribution in [0.15, 0.2) is 0 Å². The molecule has 0 aromatic heterocycles. The molecule has 1 fully saturated rings. The van der Waals surface area contributed by atoms with Crippen molar-refractivity contribution in [3.05, 3.63) is 0 Å². The highest BCUT2D eigenvalue weighted by molar-refractivity contribution is 14.1. The number of hydrogen-bond acceptors (Lipinski definition) is 1. The quantitative estimate of drug-likeness (QED) is 0.394. The Bertz CT molecular complexity index is 120. The minimum absolute atomic E-state index is 0.569. The lowest BCUT2D eigenvalue weighted by Gasteiger charge is -2.21. The molecule has 1 heterocycles. The Hall–Kier alpha value is 0.690. The second-order valence-electron chi connectivity index (χ2n) is 3.96. The van der Waals surface area contributed by atoms with E-state index in [0.717, 1.165) is 0 Å². The van der Waals surface area contributed by atoms with E-state index in [0.29, 0.717) is 9.46 Å². The molecule has 1 unspecified atom stereocenters. The van der Waals surface area contributed by atoms with Crippen molar-refractivity contribution >= 4 is 22.6 Å². The van der Waals surface area contributed by atoms with Gasteiger partial charge in [-0.2, -0.15) is 0 Å². The number of nitrogens with zero attached hydrogens (tertiary/aromatic N) is 1. The Morgan fingerprint density at radius 1 is 1.50 bits per heavy atom. The highest BCUT2D eigenvalue weighted by atomic mass is 127. The van der Waals surface area contributed by atoms with Crippen LogP contribution in [-0.2, 0) is 0 Å². The zero-order valence-electron chi connectivity index (χ0n) is 7.02. The lowest BCUT2D eigenvalue weighted by molar-refractivity contribution is 0.294. The average molecular weight is 253 g/mol. The monoisotopic (exact) mass is 253 g/mol. The van der Waals surface area contributed by atoms with Gasteiger partial charge in [-0.25, -0.2) is 0 Å². The maximum absolute atomic E-state index is 2.54. The molecule has 0 aromatic rings. The third-order valence-electron chi connectivity index (χ3n) is 2.21. The number of rotatable bonds is 1. The summed E-state index contributed by atoms with van der Waals surface area (Å²) in [6, 6.07) is 0. The van der Waals surface area contributed by atoms with E-state index in [4.69, 9.17) is 0 Å². The molecule has 10 heavy (non-hydrogen) atoms. The van der Waals surface area contributed by atoms with Crippen LogP contribution in [0.1, 0.15) is 27.2 Å². The zero-order valence-corrected chi connectivity index (χ0v) is 9.18. The van der Waals surface area contributed by atoms with E-state index in [9.17, 15) is 0 Å². The molecule has 1 nitrogen and oxygen atoms in total. The first-order valence-corrected chi connectivity index (χ1v) is 5.14. The molecule has 1 atom stereocenters. The van der Waals surface area contributed by atoms with E-state index < -0.39 is 0 Å². The normalized spacial score (nSPS) is 28.8. The molecule has 1 rings (SSSR count). The average Bonchev–Trinajstić information content (AvgIpc) is 2.10. The number of likely N-dealkylation sites (tertiary alicyclic amines) is 1. The molecule has 0 radical (unpaired) electrons. The first-order valence-electron chi connectivity index (χ1n) is 3.89. The van der Waals surface area contributed by atoms with Crippen molar-refractivity contribution in [1.82, 2.24) is 4.90 Å². The molecule has 1 saturated heterocycles. The van der Waals surface area contributed by atoms with Crippen molar-refractivity contribution in [2.24, 2.45) is 5.41 Å². The van der Waals surface area contributed by atoms with Gasteiger partial charge in [-0.15, -0.1) is 0 Å². The molecular weight excluding hydrogens is 237 g/mol. The fourth-order valence-electron chi connectivity index (χ4n) is 1.46. The zero-order chi connectivity index (χ0) is 7.78. The predicted octanol–water partition coefficient (Wildman–Crippen LogP) is 2.50. The maximum atomic E-state index is 2.54. The topological polar surface area (TPSA) is 3.24 Å². The lowest BCUT2D eigenvalue weighted by atomic mass is 9.93. The van der Waals surface area contributed by atoms with Gasteiger partial charge in [-0.1, -0.05) is 36.4 Å². The van der Waals surface area contributed by atoms with Gasteiger partial charge in [0.1, 0.15) is 0 Å². The van der Waals surface area contributed by atoms with E-state index in [1.807, 2.05) is 0 Å². The molecule has 1 aliphatic heterocycles. The van der Waals surface area contributed by atoms with Crippen LogP contribution in [0, 0.1) is 5.41 Å². The third kappa shape index (κ3) is 2.09. The van der Waals surface area contributed by atoms with Gasteiger partial charge in [0.25, 0.3) is 0 Å². The van der Waals surface area contributed by atoms with Crippen LogP contribution in [0.2, 0.25) is 0 Å². The summed E-state index contributed by atoms with van der Waals surface area (Å²) in [5, 5.41) is 0. The van der Waals surface area contributed by atoms with Crippen LogP contribution in [-0.4, -0.2) is 22.0 Å². The van der Waals surface area contributed by atoms with Crippen molar-refractivity contribution in [2.45, 2.75) is 31.2 Å². The molecule has 60 valence electrons. The molecule has 0 aromatic carbocycles. The van der Waals surface area contributed by atoms with Gasteiger partial charge >= 0.3 is 0 Å². The molecule has 0 amide bonds. The summed E-state index contributed by atoms with van der Waals surface area (Å²) in [6.45, 7) is 9.54. The fraction of sp³-hybridized carbons (Fsp3) is 1.00. The molecule has 2 heteroatoms. The van der Waals surface area contributed by atoms with E-state index >= 15 is 0 Å². The van der Waals surface area contributed by atoms with Crippen LogP contribution in [0.3, 0.4) is 0 Å². The van der Waals surface area contributed by atoms with Crippen molar-refractivity contribution in [3.63, 3.8) is 0 Å².